The number of piperidine rings is 1. The maximum atomic E-state index is 12.7. The van der Waals surface area contributed by atoms with Gasteiger partial charge >= 0.3 is 5.97 Å². The SMILES string of the molecule is C=C/C(OC)=C(\C=C/C)COCCCOc1ccc(C2C(COC(=O)CCCCCO[N+](=O)[O-])CNCC2OCc2cc(OC)c3ccccc3c2)cc1. The summed E-state index contributed by atoms with van der Waals surface area (Å²) in [7, 11) is 3.29. The van der Waals surface area contributed by atoms with E-state index < -0.39 is 5.09 Å². The number of nitrogens with zero attached hydrogens (tertiary/aromatic N) is 1. The Kier molecular flexibility index (Phi) is 17.8. The van der Waals surface area contributed by atoms with Gasteiger partial charge in [0.1, 0.15) is 17.3 Å². The molecule has 54 heavy (non-hydrogen) atoms. The number of carbonyl (C=O) groups excluding carboxylic acids is 1. The van der Waals surface area contributed by atoms with Crippen molar-refractivity contribution in [3.63, 3.8) is 0 Å². The summed E-state index contributed by atoms with van der Waals surface area (Å²) in [5.41, 5.74) is 3.00. The molecule has 0 bridgehead atoms. The Labute approximate surface area is 318 Å². The van der Waals surface area contributed by atoms with Crippen molar-refractivity contribution in [3.8, 4) is 11.5 Å². The summed E-state index contributed by atoms with van der Waals surface area (Å²) >= 11 is 0. The quantitative estimate of drug-likeness (QED) is 0.0244. The van der Waals surface area contributed by atoms with E-state index in [0.29, 0.717) is 71.0 Å². The first-order chi connectivity index (χ1) is 26.4. The number of carbonyl (C=O) groups is 1. The van der Waals surface area contributed by atoms with Gasteiger partial charge in [0.2, 0.25) is 0 Å². The molecule has 12 nitrogen and oxygen atoms in total. The van der Waals surface area contributed by atoms with Gasteiger partial charge in [-0.2, -0.15) is 0 Å². The summed E-state index contributed by atoms with van der Waals surface area (Å²) in [6.45, 7) is 9.10. The molecule has 1 aliphatic rings. The second kappa shape index (κ2) is 23.0. The number of hydrogen-bond acceptors (Lipinski definition) is 11. The van der Waals surface area contributed by atoms with Crippen LogP contribution in [0.3, 0.4) is 0 Å². The molecular weight excluding hydrogens is 692 g/mol. The number of fused-ring (bicyclic) bond motifs is 1. The number of methoxy groups -OCH3 is 2. The van der Waals surface area contributed by atoms with Crippen LogP contribution in [0, 0.1) is 16.0 Å². The molecule has 1 fully saturated rings. The second-order valence-electron chi connectivity index (χ2n) is 13.0. The van der Waals surface area contributed by atoms with E-state index >= 15 is 0 Å². The molecule has 0 aromatic heterocycles. The van der Waals surface area contributed by atoms with E-state index in [1.165, 1.54) is 0 Å². The van der Waals surface area contributed by atoms with Crippen LogP contribution in [0.25, 0.3) is 10.8 Å². The van der Waals surface area contributed by atoms with Crippen molar-refractivity contribution in [2.24, 2.45) is 5.92 Å². The summed E-state index contributed by atoms with van der Waals surface area (Å²) in [5.74, 6) is 1.84. The summed E-state index contributed by atoms with van der Waals surface area (Å²) < 4.78 is 35.4. The van der Waals surface area contributed by atoms with Gasteiger partial charge in [0.15, 0.2) is 0 Å². The normalized spacial score (nSPS) is 17.5. The molecule has 3 unspecified atom stereocenters. The molecule has 1 heterocycles. The van der Waals surface area contributed by atoms with Crippen LogP contribution >= 0.6 is 0 Å². The molecule has 3 aromatic rings. The van der Waals surface area contributed by atoms with Gasteiger partial charge in [-0.05, 0) is 66.6 Å². The van der Waals surface area contributed by atoms with Gasteiger partial charge in [0.25, 0.3) is 5.09 Å². The van der Waals surface area contributed by atoms with E-state index in [4.69, 9.17) is 28.4 Å². The summed E-state index contributed by atoms with van der Waals surface area (Å²) in [4.78, 5) is 27.4. The van der Waals surface area contributed by atoms with Crippen molar-refractivity contribution < 1.29 is 43.1 Å². The fraction of sp³-hybridized carbons (Fsp3) is 0.452. The van der Waals surface area contributed by atoms with E-state index in [2.05, 4.69) is 41.0 Å². The Morgan fingerprint density at radius 2 is 1.81 bits per heavy atom. The zero-order valence-electron chi connectivity index (χ0n) is 31.7. The first kappa shape index (κ1) is 41.8. The lowest BCUT2D eigenvalue weighted by atomic mass is 9.79. The number of nitrogens with one attached hydrogen (secondary N) is 1. The first-order valence-corrected chi connectivity index (χ1v) is 18.5. The topological polar surface area (TPSA) is 137 Å². The van der Waals surface area contributed by atoms with E-state index in [1.807, 2.05) is 55.5 Å². The average Bonchev–Trinajstić information content (AvgIpc) is 3.19. The Morgan fingerprint density at radius 3 is 2.56 bits per heavy atom. The number of rotatable bonds is 24. The highest BCUT2D eigenvalue weighted by Gasteiger charge is 2.36. The van der Waals surface area contributed by atoms with Crippen LogP contribution in [0.4, 0.5) is 0 Å². The molecule has 292 valence electrons. The molecule has 4 rings (SSSR count). The van der Waals surface area contributed by atoms with Crippen molar-refractivity contribution in [2.75, 3.05) is 60.3 Å². The largest absolute Gasteiger partial charge is 0.496 e. The molecule has 12 heteroatoms. The zero-order valence-corrected chi connectivity index (χ0v) is 31.7. The molecule has 3 aromatic carbocycles. The van der Waals surface area contributed by atoms with Gasteiger partial charge in [-0.15, -0.1) is 10.1 Å². The number of ether oxygens (including phenoxy) is 6. The van der Waals surface area contributed by atoms with Crippen LogP contribution in [-0.2, 0) is 35.2 Å². The van der Waals surface area contributed by atoms with Crippen LogP contribution < -0.4 is 14.8 Å². The maximum Gasteiger partial charge on any atom is 0.305 e. The van der Waals surface area contributed by atoms with Gasteiger partial charge in [0.05, 0.1) is 60.0 Å². The molecule has 0 saturated carbocycles. The fourth-order valence-corrected chi connectivity index (χ4v) is 6.60. The number of unbranched alkanes of at least 4 members (excludes halogenated alkanes) is 2. The van der Waals surface area contributed by atoms with Crippen LogP contribution in [-0.4, -0.2) is 77.5 Å². The molecule has 1 saturated heterocycles. The predicted molar refractivity (Wildman–Crippen MR) is 207 cm³/mol. The fourth-order valence-electron chi connectivity index (χ4n) is 6.60. The lowest BCUT2D eigenvalue weighted by molar-refractivity contribution is -0.757. The van der Waals surface area contributed by atoms with E-state index in [1.54, 1.807) is 20.3 Å². The molecule has 1 aliphatic heterocycles. The lowest BCUT2D eigenvalue weighted by Crippen LogP contribution is -2.48. The Balaban J connectivity index is 1.38. The van der Waals surface area contributed by atoms with Crippen LogP contribution in [0.1, 0.15) is 56.1 Å². The van der Waals surface area contributed by atoms with E-state index in [9.17, 15) is 14.9 Å². The Morgan fingerprint density at radius 1 is 1.00 bits per heavy atom. The van der Waals surface area contributed by atoms with Gasteiger partial charge in [-0.25, -0.2) is 0 Å². The highest BCUT2D eigenvalue weighted by atomic mass is 16.9. The molecular formula is C42H54N2O10. The smallest absolute Gasteiger partial charge is 0.305 e. The lowest BCUT2D eigenvalue weighted by Gasteiger charge is -2.38. The van der Waals surface area contributed by atoms with Crippen LogP contribution in [0.2, 0.25) is 0 Å². The average molecular weight is 747 g/mol. The highest BCUT2D eigenvalue weighted by Crippen LogP contribution is 2.35. The van der Waals surface area contributed by atoms with E-state index in [-0.39, 0.29) is 43.5 Å². The minimum Gasteiger partial charge on any atom is -0.496 e. The number of benzene rings is 3. The van der Waals surface area contributed by atoms with Crippen molar-refractivity contribution >= 4 is 16.7 Å². The standard InChI is InChI=1S/C42H54N2O10/c1-5-13-34(38(6-2)48-3)29-50-21-12-22-51-36-19-17-32(18-20-36)42-35(30-53-41(45)16-8-7-11-23-54-44(46)47)26-43-27-40(42)52-28-31-24-33-14-9-10-15-37(33)39(25-31)49-4/h5-6,9-10,13-15,17-20,24-25,35,40,42-43H,2,7-8,11-12,16,21-23,26-30H2,1,3-4H3/b13-5-,38-34-. The first-order valence-electron chi connectivity index (χ1n) is 18.5. The van der Waals surface area contributed by atoms with Gasteiger partial charge in [0, 0.05) is 48.7 Å². The summed E-state index contributed by atoms with van der Waals surface area (Å²) in [5, 5.41) is 15.1. The Bertz CT molecular complexity index is 1690. The minimum atomic E-state index is -0.805. The molecule has 0 amide bonds. The van der Waals surface area contributed by atoms with Crippen molar-refractivity contribution in [2.45, 2.75) is 57.7 Å². The third-order valence-corrected chi connectivity index (χ3v) is 9.22. The third kappa shape index (κ3) is 13.2. The molecule has 0 radical (unpaired) electrons. The Hall–Kier alpha value is -4.91. The summed E-state index contributed by atoms with van der Waals surface area (Å²) in [6, 6.07) is 20.3. The summed E-state index contributed by atoms with van der Waals surface area (Å²) in [6.07, 6.45) is 8.02. The maximum absolute atomic E-state index is 12.7. The molecule has 1 N–H and O–H groups in total. The van der Waals surface area contributed by atoms with Crippen LogP contribution in [0.5, 0.6) is 11.5 Å². The zero-order chi connectivity index (χ0) is 38.5. The van der Waals surface area contributed by atoms with Crippen LogP contribution in [0.15, 0.2) is 96.8 Å². The highest BCUT2D eigenvalue weighted by molar-refractivity contribution is 5.89. The van der Waals surface area contributed by atoms with E-state index in [0.717, 1.165) is 39.0 Å². The third-order valence-electron chi connectivity index (χ3n) is 9.22. The second-order valence-corrected chi connectivity index (χ2v) is 13.0. The molecule has 3 atom stereocenters. The van der Waals surface area contributed by atoms with Crippen molar-refractivity contribution in [1.29, 1.82) is 0 Å². The van der Waals surface area contributed by atoms with Crippen molar-refractivity contribution in [3.05, 3.63) is 118 Å². The predicted octanol–water partition coefficient (Wildman–Crippen LogP) is 7.50. The molecule has 0 aliphatic carbocycles. The number of hydrogen-bond donors (Lipinski definition) is 1. The monoisotopic (exact) mass is 746 g/mol. The molecule has 0 spiro atoms. The van der Waals surface area contributed by atoms with Crippen molar-refractivity contribution in [1.82, 2.24) is 5.32 Å². The van der Waals surface area contributed by atoms with Gasteiger partial charge in [-0.1, -0.05) is 61.5 Å². The minimum absolute atomic E-state index is 0.0191. The van der Waals surface area contributed by atoms with Gasteiger partial charge < -0.3 is 38.6 Å². The van der Waals surface area contributed by atoms with Gasteiger partial charge in [-0.3, -0.25) is 4.79 Å². The number of esters is 1. The number of allylic oxidation sites excluding steroid dienone is 2.